The van der Waals surface area contributed by atoms with Crippen LogP contribution in [-0.2, 0) is 26.2 Å². The van der Waals surface area contributed by atoms with E-state index in [1.165, 1.54) is 0 Å². The Bertz CT molecular complexity index is 708. The van der Waals surface area contributed by atoms with Gasteiger partial charge in [0.05, 0.1) is 0 Å². The Labute approximate surface area is 135 Å². The van der Waals surface area contributed by atoms with E-state index in [4.69, 9.17) is 0 Å². The summed E-state index contributed by atoms with van der Waals surface area (Å²) in [5.74, 6) is -1.93. The molecule has 1 aliphatic rings. The molecule has 0 radical (unpaired) electrons. The highest BCUT2D eigenvalue weighted by Gasteiger charge is 2.43. The zero-order valence-electron chi connectivity index (χ0n) is 11.3. The molecule has 1 saturated heterocycles. The van der Waals surface area contributed by atoms with Crippen molar-refractivity contribution < 1.29 is 27.0 Å². The fraction of sp³-hybridized carbons (Fsp3) is 0.385. The molecule has 0 saturated carbocycles. The number of halogens is 2. The first-order valence-electron chi connectivity index (χ1n) is 6.38. The lowest BCUT2D eigenvalue weighted by Crippen LogP contribution is -2.44. The third-order valence-corrected chi connectivity index (χ3v) is 5.11. The van der Waals surface area contributed by atoms with Crippen molar-refractivity contribution in [2.75, 3.05) is 6.54 Å². The number of carbonyl (C=O) groups excluding carboxylic acids is 1. The molecule has 1 N–H and O–H groups in total. The molecule has 120 valence electrons. The van der Waals surface area contributed by atoms with Gasteiger partial charge in [0.15, 0.2) is 0 Å². The first-order valence-corrected chi connectivity index (χ1v) is 8.62. The number of likely N-dealkylation sites (tertiary alicyclic amines) is 1. The Kier molecular flexibility index (Phi) is 4.86. The SMILES string of the molecule is O=C(O)C(Cc1cccc(Br)c1)N1CC(S(=O)(=O)F)CC1=O. The van der Waals surface area contributed by atoms with Gasteiger partial charge in [-0.1, -0.05) is 28.1 Å². The van der Waals surface area contributed by atoms with Gasteiger partial charge in [-0.15, -0.1) is 3.89 Å². The molecule has 0 bridgehead atoms. The summed E-state index contributed by atoms with van der Waals surface area (Å²) in [4.78, 5) is 24.2. The number of amides is 1. The number of carboxylic acid groups (broad SMARTS) is 1. The molecule has 9 heteroatoms. The van der Waals surface area contributed by atoms with Crippen LogP contribution in [-0.4, -0.2) is 48.1 Å². The lowest BCUT2D eigenvalue weighted by Gasteiger charge is -2.24. The molecule has 0 spiro atoms. The van der Waals surface area contributed by atoms with E-state index >= 15 is 0 Å². The van der Waals surface area contributed by atoms with E-state index in [2.05, 4.69) is 15.9 Å². The van der Waals surface area contributed by atoms with E-state index in [1.807, 2.05) is 0 Å². The van der Waals surface area contributed by atoms with Gasteiger partial charge >= 0.3 is 16.2 Å². The first-order chi connectivity index (χ1) is 10.2. The highest BCUT2D eigenvalue weighted by molar-refractivity contribution is 9.10. The second-order valence-electron chi connectivity index (χ2n) is 5.04. The van der Waals surface area contributed by atoms with Crippen LogP contribution in [0.2, 0.25) is 0 Å². The Morgan fingerprint density at radius 1 is 1.50 bits per heavy atom. The average molecular weight is 394 g/mol. The maximum Gasteiger partial charge on any atom is 0.326 e. The van der Waals surface area contributed by atoms with Gasteiger partial charge in [0.1, 0.15) is 11.3 Å². The Hall–Kier alpha value is -1.48. The van der Waals surface area contributed by atoms with E-state index in [0.717, 1.165) is 9.37 Å². The molecule has 22 heavy (non-hydrogen) atoms. The van der Waals surface area contributed by atoms with Crippen molar-refractivity contribution in [2.24, 2.45) is 0 Å². The van der Waals surface area contributed by atoms with E-state index in [9.17, 15) is 27.0 Å². The molecule has 2 unspecified atom stereocenters. The van der Waals surface area contributed by atoms with Crippen molar-refractivity contribution in [2.45, 2.75) is 24.1 Å². The summed E-state index contributed by atoms with van der Waals surface area (Å²) in [6.07, 6.45) is -0.513. The van der Waals surface area contributed by atoms with E-state index < -0.39 is 46.4 Å². The maximum absolute atomic E-state index is 13.0. The fourth-order valence-electron chi connectivity index (χ4n) is 2.41. The summed E-state index contributed by atoms with van der Waals surface area (Å²) < 4.78 is 35.6. The largest absolute Gasteiger partial charge is 0.480 e. The first kappa shape index (κ1) is 16.9. The molecule has 6 nitrogen and oxygen atoms in total. The van der Waals surface area contributed by atoms with Crippen molar-refractivity contribution in [3.05, 3.63) is 34.3 Å². The van der Waals surface area contributed by atoms with E-state index in [-0.39, 0.29) is 6.42 Å². The Balaban J connectivity index is 2.22. The van der Waals surface area contributed by atoms with Crippen LogP contribution in [0, 0.1) is 0 Å². The van der Waals surface area contributed by atoms with Crippen molar-refractivity contribution in [1.29, 1.82) is 0 Å². The molecular weight excluding hydrogens is 381 g/mol. The van der Waals surface area contributed by atoms with Crippen LogP contribution in [0.1, 0.15) is 12.0 Å². The van der Waals surface area contributed by atoms with Crippen molar-refractivity contribution in [3.63, 3.8) is 0 Å². The van der Waals surface area contributed by atoms with Gasteiger partial charge in [-0.2, -0.15) is 8.42 Å². The zero-order chi connectivity index (χ0) is 16.5. The number of hydrogen-bond acceptors (Lipinski definition) is 4. The van der Waals surface area contributed by atoms with Crippen molar-refractivity contribution in [3.8, 4) is 0 Å². The summed E-state index contributed by atoms with van der Waals surface area (Å²) in [6, 6.07) is 5.67. The van der Waals surface area contributed by atoms with Gasteiger partial charge in [0.25, 0.3) is 0 Å². The fourth-order valence-corrected chi connectivity index (χ4v) is 3.53. The molecule has 1 aromatic rings. The van der Waals surface area contributed by atoms with Crippen LogP contribution >= 0.6 is 15.9 Å². The number of rotatable bonds is 5. The summed E-state index contributed by atoms with van der Waals surface area (Å²) in [5.41, 5.74) is 0.668. The topological polar surface area (TPSA) is 91.8 Å². The van der Waals surface area contributed by atoms with E-state index in [1.54, 1.807) is 24.3 Å². The Morgan fingerprint density at radius 3 is 2.68 bits per heavy atom. The number of benzene rings is 1. The van der Waals surface area contributed by atoms with E-state index in [0.29, 0.717) is 5.56 Å². The smallest absolute Gasteiger partial charge is 0.326 e. The summed E-state index contributed by atoms with van der Waals surface area (Å²) in [7, 11) is -4.87. The summed E-state index contributed by atoms with van der Waals surface area (Å²) >= 11 is 3.26. The second-order valence-corrected chi connectivity index (χ2v) is 7.57. The van der Waals surface area contributed by atoms with Crippen LogP contribution in [0.5, 0.6) is 0 Å². The van der Waals surface area contributed by atoms with Crippen LogP contribution in [0.15, 0.2) is 28.7 Å². The van der Waals surface area contributed by atoms with Crippen LogP contribution < -0.4 is 0 Å². The van der Waals surface area contributed by atoms with Crippen LogP contribution in [0.25, 0.3) is 0 Å². The van der Waals surface area contributed by atoms with Gasteiger partial charge in [-0.05, 0) is 17.7 Å². The molecule has 0 aromatic heterocycles. The minimum Gasteiger partial charge on any atom is -0.480 e. The van der Waals surface area contributed by atoms with Gasteiger partial charge in [0, 0.05) is 23.9 Å². The van der Waals surface area contributed by atoms with Gasteiger partial charge in [-0.25, -0.2) is 4.79 Å². The third kappa shape index (κ3) is 3.83. The molecule has 2 atom stereocenters. The number of aliphatic carboxylic acids is 1. The monoisotopic (exact) mass is 393 g/mol. The molecule has 2 rings (SSSR count). The predicted octanol–water partition coefficient (Wildman–Crippen LogP) is 1.35. The van der Waals surface area contributed by atoms with Crippen LogP contribution in [0.3, 0.4) is 0 Å². The van der Waals surface area contributed by atoms with Gasteiger partial charge < -0.3 is 10.0 Å². The quantitative estimate of drug-likeness (QED) is 0.762. The average Bonchev–Trinajstić information content (AvgIpc) is 2.77. The van der Waals surface area contributed by atoms with Gasteiger partial charge in [0.2, 0.25) is 5.91 Å². The molecular formula is C13H13BrFNO5S. The predicted molar refractivity (Wildman–Crippen MR) is 79.4 cm³/mol. The minimum absolute atomic E-state index is 0.0135. The standard InChI is InChI=1S/C13H13BrFNO5S/c14-9-3-1-2-8(4-9)5-11(13(18)19)16-7-10(6-12(16)17)22(15,20)21/h1-4,10-11H,5-7H2,(H,18,19). The lowest BCUT2D eigenvalue weighted by atomic mass is 10.1. The Morgan fingerprint density at radius 2 is 2.18 bits per heavy atom. The van der Waals surface area contributed by atoms with Crippen molar-refractivity contribution >= 4 is 38.0 Å². The lowest BCUT2D eigenvalue weighted by molar-refractivity contribution is -0.148. The highest BCUT2D eigenvalue weighted by Crippen LogP contribution is 2.24. The molecule has 1 aliphatic heterocycles. The number of carbonyl (C=O) groups is 2. The highest BCUT2D eigenvalue weighted by atomic mass is 79.9. The summed E-state index contributed by atoms with van der Waals surface area (Å²) in [6.45, 7) is -0.442. The molecule has 1 aromatic carbocycles. The minimum atomic E-state index is -4.87. The second kappa shape index (κ2) is 6.33. The number of nitrogens with zero attached hydrogens (tertiary/aromatic N) is 1. The zero-order valence-corrected chi connectivity index (χ0v) is 13.7. The third-order valence-electron chi connectivity index (χ3n) is 3.50. The number of hydrogen-bond donors (Lipinski definition) is 1. The number of carboxylic acids is 1. The van der Waals surface area contributed by atoms with Gasteiger partial charge in [-0.3, -0.25) is 4.79 Å². The molecule has 1 fully saturated rings. The molecule has 1 amide bonds. The summed E-state index contributed by atoms with van der Waals surface area (Å²) in [5, 5.41) is 7.83. The maximum atomic E-state index is 13.0. The normalized spacial score (nSPS) is 20.2. The van der Waals surface area contributed by atoms with Crippen LogP contribution in [0.4, 0.5) is 3.89 Å². The molecule has 1 heterocycles. The van der Waals surface area contributed by atoms with Crippen molar-refractivity contribution in [1.82, 2.24) is 4.90 Å². The molecule has 0 aliphatic carbocycles.